The van der Waals surface area contributed by atoms with E-state index in [9.17, 15) is 4.79 Å². The molecule has 1 amide bonds. The normalized spacial score (nSPS) is 19.1. The molecule has 1 aliphatic carbocycles. The van der Waals surface area contributed by atoms with Crippen LogP contribution in [0.4, 0.5) is 0 Å². The van der Waals surface area contributed by atoms with Crippen LogP contribution in [0.3, 0.4) is 0 Å². The van der Waals surface area contributed by atoms with E-state index in [0.29, 0.717) is 22.7 Å². The predicted octanol–water partition coefficient (Wildman–Crippen LogP) is 4.12. The SMILES string of the molecule is C[C@@H]1CCCC[C@@H]1NC(=O)CSc1nnc(-c2cccnc2)n1-c1ccccc1. The average molecular weight is 408 g/mol. The van der Waals surface area contributed by atoms with E-state index in [4.69, 9.17) is 0 Å². The van der Waals surface area contributed by atoms with Crippen LogP contribution in [-0.4, -0.2) is 37.5 Å². The van der Waals surface area contributed by atoms with Gasteiger partial charge in [-0.1, -0.05) is 49.7 Å². The molecule has 0 spiro atoms. The Morgan fingerprint density at radius 1 is 1.14 bits per heavy atom. The maximum absolute atomic E-state index is 12.6. The number of hydrogen-bond donors (Lipinski definition) is 1. The molecule has 0 bridgehead atoms. The Balaban J connectivity index is 1.53. The summed E-state index contributed by atoms with van der Waals surface area (Å²) in [4.78, 5) is 16.8. The van der Waals surface area contributed by atoms with Gasteiger partial charge in [0.1, 0.15) is 0 Å². The number of hydrogen-bond acceptors (Lipinski definition) is 5. The number of carbonyl (C=O) groups is 1. The number of carbonyl (C=O) groups excluding carboxylic acids is 1. The molecule has 6 nitrogen and oxygen atoms in total. The molecule has 1 N–H and O–H groups in total. The molecule has 7 heteroatoms. The number of thioether (sulfide) groups is 1. The first-order valence-electron chi connectivity index (χ1n) is 10.1. The summed E-state index contributed by atoms with van der Waals surface area (Å²) in [7, 11) is 0. The van der Waals surface area contributed by atoms with E-state index in [0.717, 1.165) is 17.7 Å². The molecule has 0 radical (unpaired) electrons. The van der Waals surface area contributed by atoms with Gasteiger partial charge in [0.05, 0.1) is 5.75 Å². The second-order valence-corrected chi connectivity index (χ2v) is 8.39. The van der Waals surface area contributed by atoms with Crippen LogP contribution < -0.4 is 5.32 Å². The predicted molar refractivity (Wildman–Crippen MR) is 115 cm³/mol. The Hall–Kier alpha value is -2.67. The Morgan fingerprint density at radius 2 is 1.97 bits per heavy atom. The van der Waals surface area contributed by atoms with Crippen molar-refractivity contribution in [3.8, 4) is 17.1 Å². The van der Waals surface area contributed by atoms with Gasteiger partial charge in [0.2, 0.25) is 5.91 Å². The van der Waals surface area contributed by atoms with Crippen molar-refractivity contribution in [2.45, 2.75) is 43.8 Å². The third kappa shape index (κ3) is 4.67. The lowest BCUT2D eigenvalue weighted by Crippen LogP contribution is -2.41. The standard InChI is InChI=1S/C22H25N5OS/c1-16-8-5-6-12-19(16)24-20(28)15-29-22-26-25-21(17-9-7-13-23-14-17)27(22)18-10-3-2-4-11-18/h2-4,7,9-11,13-14,16,19H,5-6,8,12,15H2,1H3,(H,24,28)/t16-,19+/m1/s1. The van der Waals surface area contributed by atoms with Gasteiger partial charge >= 0.3 is 0 Å². The van der Waals surface area contributed by atoms with Gasteiger partial charge in [-0.15, -0.1) is 10.2 Å². The van der Waals surface area contributed by atoms with Crippen molar-refractivity contribution in [1.29, 1.82) is 0 Å². The Kier molecular flexibility index (Phi) is 6.24. The fourth-order valence-corrected chi connectivity index (χ4v) is 4.53. The highest BCUT2D eigenvalue weighted by Gasteiger charge is 2.23. The number of benzene rings is 1. The smallest absolute Gasteiger partial charge is 0.230 e. The van der Waals surface area contributed by atoms with Crippen LogP contribution in [-0.2, 0) is 4.79 Å². The molecule has 1 saturated carbocycles. The van der Waals surface area contributed by atoms with Crippen LogP contribution in [0.5, 0.6) is 0 Å². The third-order valence-corrected chi connectivity index (χ3v) is 6.29. The zero-order valence-electron chi connectivity index (χ0n) is 16.5. The summed E-state index contributed by atoms with van der Waals surface area (Å²) >= 11 is 1.41. The number of para-hydroxylation sites is 1. The number of nitrogens with zero attached hydrogens (tertiary/aromatic N) is 4. The minimum absolute atomic E-state index is 0.0549. The number of pyridine rings is 1. The number of rotatable bonds is 6. The molecule has 1 aliphatic rings. The van der Waals surface area contributed by atoms with Gasteiger partial charge in [0.25, 0.3) is 0 Å². The van der Waals surface area contributed by atoms with Crippen LogP contribution in [0.1, 0.15) is 32.6 Å². The molecule has 1 aromatic carbocycles. The van der Waals surface area contributed by atoms with Crippen LogP contribution in [0.25, 0.3) is 17.1 Å². The molecule has 2 aromatic heterocycles. The van der Waals surface area contributed by atoms with Crippen molar-refractivity contribution in [3.05, 3.63) is 54.9 Å². The van der Waals surface area contributed by atoms with Crippen molar-refractivity contribution in [3.63, 3.8) is 0 Å². The van der Waals surface area contributed by atoms with Crippen molar-refractivity contribution in [2.24, 2.45) is 5.92 Å². The quantitative estimate of drug-likeness (QED) is 0.623. The van der Waals surface area contributed by atoms with Crippen molar-refractivity contribution >= 4 is 17.7 Å². The van der Waals surface area contributed by atoms with Gasteiger partial charge in [0, 0.05) is 29.7 Å². The van der Waals surface area contributed by atoms with Crippen molar-refractivity contribution in [1.82, 2.24) is 25.1 Å². The summed E-state index contributed by atoms with van der Waals surface area (Å²) in [6, 6.07) is 14.1. The highest BCUT2D eigenvalue weighted by Crippen LogP contribution is 2.28. The molecule has 4 rings (SSSR count). The third-order valence-electron chi connectivity index (χ3n) is 5.36. The molecule has 2 heterocycles. The number of nitrogens with one attached hydrogen (secondary N) is 1. The highest BCUT2D eigenvalue weighted by molar-refractivity contribution is 7.99. The summed E-state index contributed by atoms with van der Waals surface area (Å²) in [5, 5.41) is 12.7. The van der Waals surface area contributed by atoms with Gasteiger partial charge in [-0.25, -0.2) is 0 Å². The summed E-state index contributed by atoms with van der Waals surface area (Å²) in [6.45, 7) is 2.23. The van der Waals surface area contributed by atoms with Crippen LogP contribution in [0.2, 0.25) is 0 Å². The largest absolute Gasteiger partial charge is 0.352 e. The molecular weight excluding hydrogens is 382 g/mol. The Morgan fingerprint density at radius 3 is 2.72 bits per heavy atom. The lowest BCUT2D eigenvalue weighted by molar-refractivity contribution is -0.119. The summed E-state index contributed by atoms with van der Waals surface area (Å²) in [5.74, 6) is 1.64. The molecule has 0 unspecified atom stereocenters. The lowest BCUT2D eigenvalue weighted by atomic mass is 9.86. The highest BCUT2D eigenvalue weighted by atomic mass is 32.2. The van der Waals surface area contributed by atoms with Gasteiger partial charge < -0.3 is 5.32 Å². The molecule has 1 fully saturated rings. The molecule has 0 aliphatic heterocycles. The summed E-state index contributed by atoms with van der Waals surface area (Å²) in [6.07, 6.45) is 8.23. The summed E-state index contributed by atoms with van der Waals surface area (Å²) < 4.78 is 1.98. The van der Waals surface area contributed by atoms with Crippen LogP contribution in [0.15, 0.2) is 60.0 Å². The average Bonchev–Trinajstić information content (AvgIpc) is 3.19. The topological polar surface area (TPSA) is 72.7 Å². The minimum atomic E-state index is 0.0549. The first-order chi connectivity index (χ1) is 14.2. The van der Waals surface area contributed by atoms with Crippen LogP contribution in [0, 0.1) is 5.92 Å². The molecule has 3 aromatic rings. The van der Waals surface area contributed by atoms with E-state index in [1.54, 1.807) is 12.4 Å². The molecule has 150 valence electrons. The first-order valence-corrected chi connectivity index (χ1v) is 11.0. The van der Waals surface area contributed by atoms with E-state index in [-0.39, 0.29) is 11.9 Å². The maximum atomic E-state index is 12.6. The molecular formula is C22H25N5OS. The van der Waals surface area contributed by atoms with Gasteiger partial charge in [-0.2, -0.15) is 0 Å². The second kappa shape index (κ2) is 9.22. The maximum Gasteiger partial charge on any atom is 0.230 e. The Bertz CT molecular complexity index is 944. The van der Waals surface area contributed by atoms with Gasteiger partial charge in [-0.3, -0.25) is 14.3 Å². The number of amides is 1. The van der Waals surface area contributed by atoms with Gasteiger partial charge in [0.15, 0.2) is 11.0 Å². The molecule has 0 saturated heterocycles. The van der Waals surface area contributed by atoms with E-state index in [2.05, 4.69) is 27.4 Å². The minimum Gasteiger partial charge on any atom is -0.352 e. The Labute approximate surface area is 175 Å². The fourth-order valence-electron chi connectivity index (χ4n) is 3.76. The number of aromatic nitrogens is 4. The zero-order valence-corrected chi connectivity index (χ0v) is 17.3. The zero-order chi connectivity index (χ0) is 20.1. The van der Waals surface area contributed by atoms with Crippen molar-refractivity contribution in [2.75, 3.05) is 5.75 Å². The monoisotopic (exact) mass is 407 g/mol. The van der Waals surface area contributed by atoms with E-state index in [1.807, 2.05) is 47.0 Å². The lowest BCUT2D eigenvalue weighted by Gasteiger charge is -2.29. The first kappa shape index (κ1) is 19.6. The fraction of sp³-hybridized carbons (Fsp3) is 0.364. The summed E-state index contributed by atoms with van der Waals surface area (Å²) in [5.41, 5.74) is 1.84. The van der Waals surface area contributed by atoms with E-state index < -0.39 is 0 Å². The van der Waals surface area contributed by atoms with Crippen molar-refractivity contribution < 1.29 is 4.79 Å². The van der Waals surface area contributed by atoms with Crippen LogP contribution >= 0.6 is 11.8 Å². The van der Waals surface area contributed by atoms with E-state index >= 15 is 0 Å². The molecule has 29 heavy (non-hydrogen) atoms. The van der Waals surface area contributed by atoms with E-state index in [1.165, 1.54) is 31.0 Å². The van der Waals surface area contributed by atoms with Gasteiger partial charge in [-0.05, 0) is 43.0 Å². The second-order valence-electron chi connectivity index (χ2n) is 7.44. The molecule has 2 atom stereocenters.